The molecule has 1 unspecified atom stereocenters. The number of anilines is 1. The number of nitrogens with one attached hydrogen (secondary N) is 2. The first-order valence-corrected chi connectivity index (χ1v) is 7.10. The summed E-state index contributed by atoms with van der Waals surface area (Å²) in [6, 6.07) is 2.67. The summed E-state index contributed by atoms with van der Waals surface area (Å²) in [5.74, 6) is -1.83. The average Bonchev–Trinajstić information content (AvgIpc) is 2.54. The van der Waals surface area contributed by atoms with Crippen molar-refractivity contribution in [2.75, 3.05) is 32.7 Å². The van der Waals surface area contributed by atoms with Gasteiger partial charge in [0.2, 0.25) is 11.8 Å². The average molecular weight is 339 g/mol. The molecule has 0 spiro atoms. The van der Waals surface area contributed by atoms with E-state index in [-0.39, 0.29) is 35.4 Å². The fraction of sp³-hybridized carbons (Fsp3) is 0.400. The van der Waals surface area contributed by atoms with E-state index in [1.165, 1.54) is 26.3 Å². The number of nitrogens with two attached hydrogens (primary N) is 1. The van der Waals surface area contributed by atoms with E-state index in [0.29, 0.717) is 0 Å². The zero-order chi connectivity index (χ0) is 18.3. The van der Waals surface area contributed by atoms with Crippen LogP contribution >= 0.6 is 0 Å². The molecule has 1 atom stereocenters. The summed E-state index contributed by atoms with van der Waals surface area (Å²) >= 11 is 0. The summed E-state index contributed by atoms with van der Waals surface area (Å²) < 4.78 is 4.70. The van der Waals surface area contributed by atoms with Crippen LogP contribution in [0.3, 0.4) is 0 Å². The number of carbonyl (C=O) groups is 3. The Bertz CT molecular complexity index is 632. The minimum atomic E-state index is -1.17. The number of hydrogen-bond donors (Lipinski definition) is 5. The molecule has 0 aliphatic heterocycles. The Kier molecular flexibility index (Phi) is 7.31. The summed E-state index contributed by atoms with van der Waals surface area (Å²) in [7, 11) is 2.75. The van der Waals surface area contributed by atoms with Crippen molar-refractivity contribution in [1.29, 1.82) is 0 Å². The van der Waals surface area contributed by atoms with E-state index in [1.807, 2.05) is 0 Å². The van der Waals surface area contributed by atoms with Crippen LogP contribution in [-0.2, 0) is 16.0 Å². The van der Waals surface area contributed by atoms with Gasteiger partial charge in [-0.05, 0) is 17.7 Å². The molecule has 9 nitrogen and oxygen atoms in total. The van der Waals surface area contributed by atoms with Crippen LogP contribution in [0.1, 0.15) is 26.3 Å². The summed E-state index contributed by atoms with van der Waals surface area (Å²) in [6.07, 6.45) is -1.32. The van der Waals surface area contributed by atoms with Gasteiger partial charge in [0, 0.05) is 37.4 Å². The van der Waals surface area contributed by atoms with Gasteiger partial charge in [-0.3, -0.25) is 14.4 Å². The Morgan fingerprint density at radius 2 is 1.92 bits per heavy atom. The molecule has 1 aromatic carbocycles. The molecule has 9 heteroatoms. The third kappa shape index (κ3) is 5.01. The Labute approximate surface area is 138 Å². The van der Waals surface area contributed by atoms with E-state index in [2.05, 4.69) is 10.6 Å². The SMILES string of the molecule is CNC(=O)c1cc(NC(=O)COC)cc(C(N)=O)c1CC(O)CO. The molecule has 1 rings (SSSR count). The maximum Gasteiger partial charge on any atom is 0.251 e. The number of ether oxygens (including phenoxy) is 1. The van der Waals surface area contributed by atoms with Crippen LogP contribution in [0.5, 0.6) is 0 Å². The minimum Gasteiger partial charge on any atom is -0.394 e. The zero-order valence-corrected chi connectivity index (χ0v) is 13.5. The molecule has 3 amide bonds. The number of benzene rings is 1. The predicted octanol–water partition coefficient (Wildman–Crippen LogP) is -1.37. The van der Waals surface area contributed by atoms with Crippen molar-refractivity contribution in [1.82, 2.24) is 5.32 Å². The second kappa shape index (κ2) is 8.96. The number of hydrogen-bond acceptors (Lipinski definition) is 6. The lowest BCUT2D eigenvalue weighted by atomic mass is 9.94. The van der Waals surface area contributed by atoms with Crippen molar-refractivity contribution in [3.05, 3.63) is 28.8 Å². The predicted molar refractivity (Wildman–Crippen MR) is 85.7 cm³/mol. The summed E-state index contributed by atoms with van der Waals surface area (Å²) in [5, 5.41) is 23.6. The lowest BCUT2D eigenvalue weighted by Gasteiger charge is -2.17. The molecule has 0 saturated heterocycles. The first kappa shape index (κ1) is 19.6. The molecule has 0 saturated carbocycles. The number of aliphatic hydroxyl groups is 2. The maximum absolute atomic E-state index is 12.1. The van der Waals surface area contributed by atoms with Gasteiger partial charge < -0.3 is 31.3 Å². The lowest BCUT2D eigenvalue weighted by Crippen LogP contribution is -2.27. The molecular weight excluding hydrogens is 318 g/mol. The topological polar surface area (TPSA) is 151 Å². The monoisotopic (exact) mass is 339 g/mol. The molecule has 0 aliphatic carbocycles. The minimum absolute atomic E-state index is 0.0312. The van der Waals surface area contributed by atoms with Crippen LogP contribution in [0.2, 0.25) is 0 Å². The van der Waals surface area contributed by atoms with E-state index in [0.717, 1.165) is 0 Å². The molecular formula is C15H21N3O6. The molecule has 132 valence electrons. The molecule has 0 fully saturated rings. The van der Waals surface area contributed by atoms with E-state index >= 15 is 0 Å². The van der Waals surface area contributed by atoms with Crippen molar-refractivity contribution in [3.8, 4) is 0 Å². The van der Waals surface area contributed by atoms with Crippen molar-refractivity contribution < 1.29 is 29.3 Å². The van der Waals surface area contributed by atoms with Crippen molar-refractivity contribution in [2.24, 2.45) is 5.73 Å². The second-order valence-corrected chi connectivity index (χ2v) is 5.02. The van der Waals surface area contributed by atoms with Gasteiger partial charge in [-0.1, -0.05) is 0 Å². The quantitative estimate of drug-likeness (QED) is 0.394. The van der Waals surface area contributed by atoms with Gasteiger partial charge in [-0.25, -0.2) is 0 Å². The Hall–Kier alpha value is -2.49. The van der Waals surface area contributed by atoms with Crippen molar-refractivity contribution in [2.45, 2.75) is 12.5 Å². The summed E-state index contributed by atoms with van der Waals surface area (Å²) in [5.41, 5.74) is 5.76. The number of carbonyl (C=O) groups excluding carboxylic acids is 3. The van der Waals surface area contributed by atoms with E-state index in [9.17, 15) is 19.5 Å². The zero-order valence-electron chi connectivity index (χ0n) is 13.5. The number of primary amides is 1. The van der Waals surface area contributed by atoms with Crippen LogP contribution in [0.25, 0.3) is 0 Å². The highest BCUT2D eigenvalue weighted by Crippen LogP contribution is 2.23. The Balaban J connectivity index is 3.41. The second-order valence-electron chi connectivity index (χ2n) is 5.02. The van der Waals surface area contributed by atoms with Gasteiger partial charge in [0.25, 0.3) is 5.91 Å². The number of methoxy groups -OCH3 is 1. The summed E-state index contributed by atoms with van der Waals surface area (Å²) in [4.78, 5) is 35.5. The van der Waals surface area contributed by atoms with Crippen LogP contribution in [0, 0.1) is 0 Å². The number of aliphatic hydroxyl groups excluding tert-OH is 2. The lowest BCUT2D eigenvalue weighted by molar-refractivity contribution is -0.119. The van der Waals surface area contributed by atoms with Crippen molar-refractivity contribution >= 4 is 23.4 Å². The number of rotatable bonds is 8. The van der Waals surface area contributed by atoms with Crippen LogP contribution in [-0.4, -0.2) is 61.4 Å². The van der Waals surface area contributed by atoms with Gasteiger partial charge in [-0.2, -0.15) is 0 Å². The Morgan fingerprint density at radius 3 is 2.42 bits per heavy atom. The normalized spacial score (nSPS) is 11.7. The molecule has 0 heterocycles. The summed E-state index contributed by atoms with van der Waals surface area (Å²) in [6.45, 7) is -0.746. The van der Waals surface area contributed by atoms with E-state index in [1.54, 1.807) is 0 Å². The van der Waals surface area contributed by atoms with Crippen LogP contribution in [0.15, 0.2) is 12.1 Å². The smallest absolute Gasteiger partial charge is 0.251 e. The van der Waals surface area contributed by atoms with Gasteiger partial charge in [-0.15, -0.1) is 0 Å². The van der Waals surface area contributed by atoms with Crippen LogP contribution < -0.4 is 16.4 Å². The maximum atomic E-state index is 12.1. The fourth-order valence-electron chi connectivity index (χ4n) is 2.15. The molecule has 24 heavy (non-hydrogen) atoms. The molecule has 0 aliphatic rings. The molecule has 0 bridgehead atoms. The van der Waals surface area contributed by atoms with Crippen molar-refractivity contribution in [3.63, 3.8) is 0 Å². The first-order chi connectivity index (χ1) is 11.3. The van der Waals surface area contributed by atoms with Gasteiger partial charge in [0.1, 0.15) is 6.61 Å². The standard InChI is InChI=1S/C15H21N3O6/c1-17-15(23)12-4-8(18-13(21)7-24-2)3-11(14(16)22)10(12)5-9(20)6-19/h3-4,9,19-20H,5-7H2,1-2H3,(H2,16,22)(H,17,23)(H,18,21). The fourth-order valence-corrected chi connectivity index (χ4v) is 2.15. The van der Waals surface area contributed by atoms with Crippen LogP contribution in [0.4, 0.5) is 5.69 Å². The van der Waals surface area contributed by atoms with Gasteiger partial charge in [0.05, 0.1) is 12.7 Å². The molecule has 6 N–H and O–H groups in total. The Morgan fingerprint density at radius 1 is 1.29 bits per heavy atom. The van der Waals surface area contributed by atoms with E-state index in [4.69, 9.17) is 15.6 Å². The van der Waals surface area contributed by atoms with E-state index < -0.39 is 30.4 Å². The molecule has 0 aromatic heterocycles. The number of amides is 3. The third-order valence-corrected chi connectivity index (χ3v) is 3.20. The molecule has 0 radical (unpaired) electrons. The third-order valence-electron chi connectivity index (χ3n) is 3.20. The van der Waals surface area contributed by atoms with Gasteiger partial charge in [0.15, 0.2) is 0 Å². The largest absolute Gasteiger partial charge is 0.394 e. The van der Waals surface area contributed by atoms with Gasteiger partial charge >= 0.3 is 0 Å². The highest BCUT2D eigenvalue weighted by molar-refractivity contribution is 6.04. The highest BCUT2D eigenvalue weighted by atomic mass is 16.5. The highest BCUT2D eigenvalue weighted by Gasteiger charge is 2.21. The first-order valence-electron chi connectivity index (χ1n) is 7.10. The molecule has 1 aromatic rings.